The van der Waals surface area contributed by atoms with Crippen LogP contribution in [-0.4, -0.2) is 91.3 Å². The molecule has 0 aliphatic carbocycles. The molecule has 11 nitrogen and oxygen atoms in total. The van der Waals surface area contributed by atoms with E-state index in [0.717, 1.165) is 5.56 Å². The fourth-order valence-electron chi connectivity index (χ4n) is 3.93. The molecule has 1 fully saturated rings. The van der Waals surface area contributed by atoms with Gasteiger partial charge in [0.05, 0.1) is 35.0 Å². The molecule has 5 atom stereocenters. The molecule has 1 aliphatic rings. The molecule has 0 aromatic heterocycles. The lowest BCUT2D eigenvalue weighted by Crippen LogP contribution is -2.60. The van der Waals surface area contributed by atoms with E-state index in [9.17, 15) is 25.5 Å². The van der Waals surface area contributed by atoms with Gasteiger partial charge in [0.25, 0.3) is 0 Å². The van der Waals surface area contributed by atoms with Crippen LogP contribution in [0.15, 0.2) is 24.3 Å². The molecule has 3 rings (SSSR count). The number of phenols is 1. The van der Waals surface area contributed by atoms with E-state index >= 15 is 0 Å². The number of aryl methyl sites for hydroxylation is 2. The minimum Gasteiger partial charge on any atom is -0.502 e. The van der Waals surface area contributed by atoms with Crippen LogP contribution < -0.4 is 23.7 Å². The van der Waals surface area contributed by atoms with E-state index in [4.69, 9.17) is 28.4 Å². The number of methoxy groups -OCH3 is 4. The molecule has 194 valence electrons. The molecule has 1 heterocycles. The van der Waals surface area contributed by atoms with Crippen molar-refractivity contribution in [3.63, 3.8) is 0 Å². The van der Waals surface area contributed by atoms with Crippen molar-refractivity contribution in [2.45, 2.75) is 43.5 Å². The molecule has 0 saturated carbocycles. The predicted molar refractivity (Wildman–Crippen MR) is 123 cm³/mol. The van der Waals surface area contributed by atoms with Gasteiger partial charge in [-0.2, -0.15) is 0 Å². The fourth-order valence-corrected chi connectivity index (χ4v) is 3.93. The van der Waals surface area contributed by atoms with Crippen molar-refractivity contribution >= 4 is 0 Å². The van der Waals surface area contributed by atoms with Crippen molar-refractivity contribution in [2.75, 3.05) is 35.0 Å². The van der Waals surface area contributed by atoms with Gasteiger partial charge in [-0.3, -0.25) is 0 Å². The first kappa shape index (κ1) is 26.6. The van der Waals surface area contributed by atoms with Crippen molar-refractivity contribution in [2.24, 2.45) is 0 Å². The number of hydrogen-bond acceptors (Lipinski definition) is 11. The van der Waals surface area contributed by atoms with Gasteiger partial charge in [0, 0.05) is 0 Å². The first-order valence-electron chi connectivity index (χ1n) is 10.9. The van der Waals surface area contributed by atoms with Crippen molar-refractivity contribution < 1.29 is 54.0 Å². The highest BCUT2D eigenvalue weighted by molar-refractivity contribution is 5.56. The Morgan fingerprint density at radius 3 is 1.94 bits per heavy atom. The Balaban J connectivity index is 1.90. The summed E-state index contributed by atoms with van der Waals surface area (Å²) < 4.78 is 32.6. The highest BCUT2D eigenvalue weighted by atomic mass is 16.7. The van der Waals surface area contributed by atoms with E-state index in [1.54, 1.807) is 12.1 Å². The van der Waals surface area contributed by atoms with E-state index < -0.39 is 37.3 Å². The van der Waals surface area contributed by atoms with Gasteiger partial charge in [-0.15, -0.1) is 0 Å². The van der Waals surface area contributed by atoms with Crippen molar-refractivity contribution in [3.8, 4) is 34.5 Å². The van der Waals surface area contributed by atoms with Crippen LogP contribution in [0.5, 0.6) is 34.5 Å². The van der Waals surface area contributed by atoms with Gasteiger partial charge in [-0.1, -0.05) is 6.07 Å². The van der Waals surface area contributed by atoms with E-state index in [1.807, 2.05) is 12.1 Å². The van der Waals surface area contributed by atoms with Gasteiger partial charge in [0.1, 0.15) is 24.4 Å². The predicted octanol–water partition coefficient (Wildman–Crippen LogP) is 0.390. The van der Waals surface area contributed by atoms with Crippen molar-refractivity contribution in [1.82, 2.24) is 0 Å². The summed E-state index contributed by atoms with van der Waals surface area (Å²) in [5.41, 5.74) is 1.41. The number of benzene rings is 2. The van der Waals surface area contributed by atoms with Crippen LogP contribution in [0.25, 0.3) is 0 Å². The number of ether oxygens (including phenoxy) is 6. The third-order valence-corrected chi connectivity index (χ3v) is 5.89. The number of phenolic OH excluding ortho intramolecular Hbond substituents is 1. The standard InChI is InChI=1S/C24H32O11/c1-30-14-8-7-13(6-5-12-9-15(31-2)23(33-4)16(10-12)32-3)22(19(14)27)35-24-21(29)20(28)18(26)17(11-25)34-24/h7-10,17-18,20-21,24-29H,5-6,11H2,1-4H3/t17-,18-,20+,21-,24+/m1/s1. The molecule has 5 N–H and O–H groups in total. The maximum Gasteiger partial charge on any atom is 0.229 e. The van der Waals surface area contributed by atoms with Gasteiger partial charge >= 0.3 is 0 Å². The normalized spacial score (nSPS) is 24.1. The Hall–Kier alpha value is -2.96. The monoisotopic (exact) mass is 496 g/mol. The Bertz CT molecular complexity index is 969. The number of aliphatic hydroxyl groups is 4. The quantitative estimate of drug-likeness (QED) is 0.310. The summed E-state index contributed by atoms with van der Waals surface area (Å²) in [5.74, 6) is 1.23. The highest BCUT2D eigenvalue weighted by Crippen LogP contribution is 2.42. The number of hydrogen-bond donors (Lipinski definition) is 5. The minimum absolute atomic E-state index is 0.0267. The Morgan fingerprint density at radius 1 is 0.771 bits per heavy atom. The molecule has 1 saturated heterocycles. The summed E-state index contributed by atoms with van der Waals surface area (Å²) in [4.78, 5) is 0. The van der Waals surface area contributed by atoms with E-state index in [-0.39, 0.29) is 17.2 Å². The van der Waals surface area contributed by atoms with Crippen LogP contribution in [0, 0.1) is 0 Å². The molecule has 0 radical (unpaired) electrons. The lowest BCUT2D eigenvalue weighted by atomic mass is 9.99. The van der Waals surface area contributed by atoms with E-state index in [0.29, 0.717) is 35.7 Å². The first-order valence-corrected chi connectivity index (χ1v) is 10.9. The second-order valence-electron chi connectivity index (χ2n) is 7.95. The lowest BCUT2D eigenvalue weighted by molar-refractivity contribution is -0.277. The molecule has 0 amide bonds. The molecule has 0 bridgehead atoms. The zero-order valence-electron chi connectivity index (χ0n) is 20.0. The number of aromatic hydroxyl groups is 1. The maximum absolute atomic E-state index is 10.8. The van der Waals surface area contributed by atoms with Crippen LogP contribution in [0.3, 0.4) is 0 Å². The minimum atomic E-state index is -1.64. The second-order valence-corrected chi connectivity index (χ2v) is 7.95. The van der Waals surface area contributed by atoms with Crippen LogP contribution in [0.4, 0.5) is 0 Å². The first-order chi connectivity index (χ1) is 16.8. The van der Waals surface area contributed by atoms with Gasteiger partial charge in [0.2, 0.25) is 17.8 Å². The highest BCUT2D eigenvalue weighted by Gasteiger charge is 2.45. The molecular weight excluding hydrogens is 464 g/mol. The third-order valence-electron chi connectivity index (χ3n) is 5.89. The number of rotatable bonds is 10. The molecule has 1 aliphatic heterocycles. The van der Waals surface area contributed by atoms with E-state index in [2.05, 4.69) is 0 Å². The molecule has 0 spiro atoms. The maximum atomic E-state index is 10.8. The second kappa shape index (κ2) is 11.6. The lowest BCUT2D eigenvalue weighted by Gasteiger charge is -2.39. The summed E-state index contributed by atoms with van der Waals surface area (Å²) in [6.07, 6.45) is -6.57. The largest absolute Gasteiger partial charge is 0.502 e. The van der Waals surface area contributed by atoms with Gasteiger partial charge in [-0.05, 0) is 42.2 Å². The van der Waals surface area contributed by atoms with Crippen LogP contribution in [0.2, 0.25) is 0 Å². The number of aliphatic hydroxyl groups excluding tert-OH is 4. The summed E-state index contributed by atoms with van der Waals surface area (Å²) in [7, 11) is 5.94. The molecular formula is C24H32O11. The van der Waals surface area contributed by atoms with E-state index in [1.165, 1.54) is 28.4 Å². The van der Waals surface area contributed by atoms with Crippen LogP contribution in [0.1, 0.15) is 11.1 Å². The van der Waals surface area contributed by atoms with Crippen LogP contribution in [-0.2, 0) is 17.6 Å². The molecule has 0 unspecified atom stereocenters. The molecule has 11 heteroatoms. The zero-order chi connectivity index (χ0) is 25.7. The van der Waals surface area contributed by atoms with Gasteiger partial charge < -0.3 is 54.0 Å². The summed E-state index contributed by atoms with van der Waals surface area (Å²) in [6, 6.07) is 6.88. The average Bonchev–Trinajstić information content (AvgIpc) is 2.88. The van der Waals surface area contributed by atoms with Gasteiger partial charge in [-0.25, -0.2) is 0 Å². The molecule has 2 aromatic carbocycles. The summed E-state index contributed by atoms with van der Waals surface area (Å²) in [6.45, 7) is -0.608. The molecule has 2 aromatic rings. The van der Waals surface area contributed by atoms with Crippen molar-refractivity contribution in [3.05, 3.63) is 35.4 Å². The average molecular weight is 497 g/mol. The zero-order valence-corrected chi connectivity index (χ0v) is 20.0. The SMILES string of the molecule is COc1ccc(CCc2cc(OC)c(OC)c(OC)c2)c(O[C@@H]2O[C@H](CO)[C@@H](O)[C@H](O)[C@H]2O)c1O. The van der Waals surface area contributed by atoms with Gasteiger partial charge in [0.15, 0.2) is 23.0 Å². The smallest absolute Gasteiger partial charge is 0.229 e. The Morgan fingerprint density at radius 2 is 1.40 bits per heavy atom. The molecule has 35 heavy (non-hydrogen) atoms. The fraction of sp³-hybridized carbons (Fsp3) is 0.500. The summed E-state index contributed by atoms with van der Waals surface area (Å²) >= 11 is 0. The summed E-state index contributed by atoms with van der Waals surface area (Å²) in [5, 5.41) is 50.7. The third kappa shape index (κ3) is 5.49. The van der Waals surface area contributed by atoms with Crippen molar-refractivity contribution in [1.29, 1.82) is 0 Å². The topological polar surface area (TPSA) is 157 Å². The van der Waals surface area contributed by atoms with Crippen LogP contribution >= 0.6 is 0 Å². The Labute approximate surface area is 203 Å². The Kier molecular flexibility index (Phi) is 8.87.